The lowest BCUT2D eigenvalue weighted by Gasteiger charge is -2.28. The number of hydrogen-bond acceptors (Lipinski definition) is 7. The summed E-state index contributed by atoms with van der Waals surface area (Å²) in [6.45, 7) is 0.669. The van der Waals surface area contributed by atoms with Crippen molar-refractivity contribution in [2.45, 2.75) is 24.9 Å². The van der Waals surface area contributed by atoms with Gasteiger partial charge in [-0.05, 0) is 25.5 Å². The van der Waals surface area contributed by atoms with Gasteiger partial charge in [-0.25, -0.2) is 4.90 Å². The van der Waals surface area contributed by atoms with Gasteiger partial charge in [-0.1, -0.05) is 30.3 Å². The third-order valence-electron chi connectivity index (χ3n) is 6.79. The quantitative estimate of drug-likeness (QED) is 0.307. The molecule has 164 valence electrons. The summed E-state index contributed by atoms with van der Waals surface area (Å²) < 4.78 is 5.27. The van der Waals surface area contributed by atoms with E-state index in [0.717, 1.165) is 17.7 Å². The summed E-state index contributed by atoms with van der Waals surface area (Å²) >= 11 is 0. The lowest BCUT2D eigenvalue weighted by atomic mass is 9.85. The van der Waals surface area contributed by atoms with E-state index in [1.807, 2.05) is 11.0 Å². The normalized spacial score (nSPS) is 26.8. The van der Waals surface area contributed by atoms with Crippen molar-refractivity contribution in [3.63, 3.8) is 0 Å². The summed E-state index contributed by atoms with van der Waals surface area (Å²) in [4.78, 5) is 54.2. The molecule has 0 bridgehead atoms. The van der Waals surface area contributed by atoms with Crippen LogP contribution in [0.2, 0.25) is 0 Å². The molecule has 3 saturated heterocycles. The molecule has 2 aromatic carbocycles. The molecule has 5 rings (SSSR count). The molecule has 0 unspecified atom stereocenters. The van der Waals surface area contributed by atoms with Gasteiger partial charge < -0.3 is 4.74 Å². The Balaban J connectivity index is 1.56. The standard InChI is InChI=1S/C23H21N3O6/c1-32-17-12-14(26(30)31)9-10-15(17)25-22(28)18-16-8-5-11-24(16)20(19(18)23(25)29)21(27)13-6-3-2-4-7-13/h2-4,6-7,9-10,12,16,18-20H,5,8,11H2,1H3/t16-,18-,19-,20+/m1/s1. The summed E-state index contributed by atoms with van der Waals surface area (Å²) in [5, 5.41) is 11.1. The molecular weight excluding hydrogens is 414 g/mol. The lowest BCUT2D eigenvalue weighted by molar-refractivity contribution is -0.384. The molecule has 9 nitrogen and oxygen atoms in total. The highest BCUT2D eigenvalue weighted by molar-refractivity contribution is 6.25. The number of anilines is 1. The van der Waals surface area contributed by atoms with Crippen molar-refractivity contribution in [2.24, 2.45) is 11.8 Å². The van der Waals surface area contributed by atoms with Gasteiger partial charge in [-0.3, -0.25) is 29.4 Å². The van der Waals surface area contributed by atoms with Gasteiger partial charge in [-0.15, -0.1) is 0 Å². The molecule has 0 aliphatic carbocycles. The van der Waals surface area contributed by atoms with Crippen molar-refractivity contribution < 1.29 is 24.0 Å². The molecule has 0 radical (unpaired) electrons. The number of carbonyl (C=O) groups is 3. The van der Waals surface area contributed by atoms with Crippen LogP contribution in [0, 0.1) is 22.0 Å². The maximum atomic E-state index is 13.6. The highest BCUT2D eigenvalue weighted by Crippen LogP contribution is 2.49. The number of ether oxygens (including phenoxy) is 1. The van der Waals surface area contributed by atoms with Crippen LogP contribution < -0.4 is 9.64 Å². The number of fused-ring (bicyclic) bond motifs is 3. The highest BCUT2D eigenvalue weighted by Gasteiger charge is 2.65. The predicted molar refractivity (Wildman–Crippen MR) is 113 cm³/mol. The van der Waals surface area contributed by atoms with Gasteiger partial charge in [0, 0.05) is 17.7 Å². The van der Waals surface area contributed by atoms with Crippen LogP contribution >= 0.6 is 0 Å². The van der Waals surface area contributed by atoms with Crippen molar-refractivity contribution in [2.75, 3.05) is 18.6 Å². The van der Waals surface area contributed by atoms with Gasteiger partial charge in [-0.2, -0.15) is 0 Å². The second kappa shape index (κ2) is 7.52. The Morgan fingerprint density at radius 2 is 1.81 bits per heavy atom. The van der Waals surface area contributed by atoms with E-state index in [4.69, 9.17) is 4.74 Å². The Bertz CT molecular complexity index is 1130. The van der Waals surface area contributed by atoms with Gasteiger partial charge in [0.2, 0.25) is 11.8 Å². The number of nitro benzene ring substituents is 1. The number of rotatable bonds is 5. The first kappa shape index (κ1) is 20.3. The Kier molecular flexibility index (Phi) is 4.78. The molecule has 3 aliphatic heterocycles. The fraction of sp³-hybridized carbons (Fsp3) is 0.348. The second-order valence-corrected chi connectivity index (χ2v) is 8.30. The zero-order chi connectivity index (χ0) is 22.6. The number of hydrogen-bond donors (Lipinski definition) is 0. The summed E-state index contributed by atoms with van der Waals surface area (Å²) in [5.74, 6) is -2.36. The van der Waals surface area contributed by atoms with Crippen LogP contribution in [0.5, 0.6) is 5.75 Å². The average Bonchev–Trinajstić information content (AvgIpc) is 3.45. The van der Waals surface area contributed by atoms with Crippen LogP contribution in [-0.4, -0.2) is 53.2 Å². The molecular formula is C23H21N3O6. The van der Waals surface area contributed by atoms with Crippen LogP contribution in [0.3, 0.4) is 0 Å². The topological polar surface area (TPSA) is 110 Å². The number of imide groups is 1. The van der Waals surface area contributed by atoms with Gasteiger partial charge in [0.05, 0.1) is 41.7 Å². The van der Waals surface area contributed by atoms with E-state index in [0.29, 0.717) is 12.1 Å². The molecule has 0 spiro atoms. The average molecular weight is 435 g/mol. The van der Waals surface area contributed by atoms with Gasteiger partial charge in [0.1, 0.15) is 5.75 Å². The molecule has 3 fully saturated rings. The molecule has 2 amide bonds. The summed E-state index contributed by atoms with van der Waals surface area (Å²) in [6.07, 6.45) is 1.60. The Labute approximate surface area is 183 Å². The van der Waals surface area contributed by atoms with Crippen molar-refractivity contribution >= 4 is 29.0 Å². The molecule has 2 aromatic rings. The lowest BCUT2D eigenvalue weighted by Crippen LogP contribution is -2.46. The SMILES string of the molecule is COc1cc([N+](=O)[O-])ccc1N1C(=O)[C@@H]2[C@H](C1=O)[C@H]1CCCN1[C@@H]2C(=O)c1ccccc1. The minimum Gasteiger partial charge on any atom is -0.494 e. The van der Waals surface area contributed by atoms with Crippen LogP contribution in [0.15, 0.2) is 48.5 Å². The number of non-ortho nitro benzene ring substituents is 1. The van der Waals surface area contributed by atoms with Crippen molar-refractivity contribution in [3.8, 4) is 5.75 Å². The number of nitro groups is 1. The van der Waals surface area contributed by atoms with Crippen molar-refractivity contribution in [1.29, 1.82) is 0 Å². The summed E-state index contributed by atoms with van der Waals surface area (Å²) in [5.41, 5.74) is 0.470. The zero-order valence-corrected chi connectivity index (χ0v) is 17.3. The number of nitrogens with zero attached hydrogens (tertiary/aromatic N) is 3. The monoisotopic (exact) mass is 435 g/mol. The van der Waals surface area contributed by atoms with E-state index in [9.17, 15) is 24.5 Å². The molecule has 0 aromatic heterocycles. The number of ketones is 1. The Hall–Kier alpha value is -3.59. The zero-order valence-electron chi connectivity index (χ0n) is 17.3. The summed E-state index contributed by atoms with van der Waals surface area (Å²) in [6, 6.07) is 11.7. The first-order valence-corrected chi connectivity index (χ1v) is 10.5. The molecule has 0 saturated carbocycles. The second-order valence-electron chi connectivity index (χ2n) is 8.30. The first-order valence-electron chi connectivity index (χ1n) is 10.5. The van der Waals surface area contributed by atoms with E-state index in [-0.39, 0.29) is 34.9 Å². The van der Waals surface area contributed by atoms with Crippen LogP contribution in [0.25, 0.3) is 0 Å². The third-order valence-corrected chi connectivity index (χ3v) is 6.79. The first-order chi connectivity index (χ1) is 15.4. The molecule has 32 heavy (non-hydrogen) atoms. The fourth-order valence-electron chi connectivity index (χ4n) is 5.49. The Morgan fingerprint density at radius 1 is 1.09 bits per heavy atom. The van der Waals surface area contributed by atoms with Crippen molar-refractivity contribution in [1.82, 2.24) is 4.90 Å². The number of carbonyl (C=O) groups excluding carboxylic acids is 3. The van der Waals surface area contributed by atoms with E-state index in [1.165, 1.54) is 25.3 Å². The molecule has 3 heterocycles. The smallest absolute Gasteiger partial charge is 0.273 e. The van der Waals surface area contributed by atoms with Gasteiger partial charge >= 0.3 is 0 Å². The molecule has 0 N–H and O–H groups in total. The molecule has 3 aliphatic rings. The van der Waals surface area contributed by atoms with E-state index in [1.54, 1.807) is 24.3 Å². The largest absolute Gasteiger partial charge is 0.494 e. The number of methoxy groups -OCH3 is 1. The number of amides is 2. The fourth-order valence-corrected chi connectivity index (χ4v) is 5.49. The molecule has 4 atom stereocenters. The van der Waals surface area contributed by atoms with Crippen LogP contribution in [0.1, 0.15) is 23.2 Å². The minimum atomic E-state index is -0.791. The van der Waals surface area contributed by atoms with Crippen LogP contribution in [-0.2, 0) is 9.59 Å². The van der Waals surface area contributed by atoms with E-state index in [2.05, 4.69) is 0 Å². The Morgan fingerprint density at radius 3 is 2.50 bits per heavy atom. The third kappa shape index (κ3) is 2.85. The van der Waals surface area contributed by atoms with E-state index < -0.39 is 28.7 Å². The van der Waals surface area contributed by atoms with Crippen molar-refractivity contribution in [3.05, 3.63) is 64.2 Å². The molecule has 9 heteroatoms. The minimum absolute atomic E-state index is 0.0649. The van der Waals surface area contributed by atoms with Crippen LogP contribution in [0.4, 0.5) is 11.4 Å². The highest BCUT2D eigenvalue weighted by atomic mass is 16.6. The van der Waals surface area contributed by atoms with E-state index >= 15 is 0 Å². The number of Topliss-reactive ketones (excluding diaryl/α,β-unsaturated/α-hetero) is 1. The number of benzene rings is 2. The summed E-state index contributed by atoms with van der Waals surface area (Å²) in [7, 11) is 1.33. The van der Waals surface area contributed by atoms with Gasteiger partial charge in [0.15, 0.2) is 5.78 Å². The maximum absolute atomic E-state index is 13.6. The predicted octanol–water partition coefficient (Wildman–Crippen LogP) is 2.44. The maximum Gasteiger partial charge on any atom is 0.273 e. The van der Waals surface area contributed by atoms with Gasteiger partial charge in [0.25, 0.3) is 5.69 Å².